The Balaban J connectivity index is 1.90. The maximum Gasteiger partial charge on any atom is 0.191 e. The first-order chi connectivity index (χ1) is 13.4. The molecule has 1 fully saturated rings. The first-order valence-electron chi connectivity index (χ1n) is 10.2. The number of nitrogens with zero attached hydrogens (tertiary/aromatic N) is 1. The molecule has 1 saturated carbocycles. The van der Waals surface area contributed by atoms with Crippen LogP contribution in [0.3, 0.4) is 0 Å². The van der Waals surface area contributed by atoms with E-state index in [-0.39, 0.29) is 5.41 Å². The van der Waals surface area contributed by atoms with Crippen LogP contribution >= 0.6 is 0 Å². The molecule has 0 bridgehead atoms. The van der Waals surface area contributed by atoms with Crippen molar-refractivity contribution in [3.8, 4) is 0 Å². The Bertz CT molecular complexity index is 724. The van der Waals surface area contributed by atoms with Crippen molar-refractivity contribution < 1.29 is 13.2 Å². The molecule has 0 heterocycles. The highest BCUT2D eigenvalue weighted by atomic mass is 32.2. The molecular weight excluding hydrogens is 374 g/mol. The number of hydrogen-bond donors (Lipinski definition) is 2. The molecule has 2 N–H and O–H groups in total. The van der Waals surface area contributed by atoms with Gasteiger partial charge in [-0.05, 0) is 55.7 Å². The lowest BCUT2D eigenvalue weighted by Crippen LogP contribution is -2.39. The van der Waals surface area contributed by atoms with E-state index >= 15 is 0 Å². The number of guanidine groups is 1. The van der Waals surface area contributed by atoms with Crippen molar-refractivity contribution in [3.63, 3.8) is 0 Å². The highest BCUT2D eigenvalue weighted by molar-refractivity contribution is 7.90. The van der Waals surface area contributed by atoms with Crippen LogP contribution in [0, 0.1) is 5.41 Å². The maximum absolute atomic E-state index is 11.5. The Kier molecular flexibility index (Phi) is 8.76. The minimum atomic E-state index is -3.14. The van der Waals surface area contributed by atoms with Crippen LogP contribution in [-0.2, 0) is 21.0 Å². The van der Waals surface area contributed by atoms with Crippen molar-refractivity contribution in [3.05, 3.63) is 29.8 Å². The molecule has 1 aliphatic carbocycles. The predicted molar refractivity (Wildman–Crippen MR) is 115 cm³/mol. The number of benzene rings is 1. The minimum absolute atomic E-state index is 0.278. The Morgan fingerprint density at radius 3 is 2.43 bits per heavy atom. The van der Waals surface area contributed by atoms with Gasteiger partial charge in [-0.3, -0.25) is 4.99 Å². The van der Waals surface area contributed by atoms with E-state index in [4.69, 9.17) is 9.73 Å². The second-order valence-electron chi connectivity index (χ2n) is 7.74. The van der Waals surface area contributed by atoms with Gasteiger partial charge in [0, 0.05) is 39.6 Å². The molecule has 0 radical (unpaired) electrons. The number of aliphatic imine (C=N–C) groups is 1. The molecule has 0 atom stereocenters. The number of methoxy groups -OCH3 is 1. The standard InChI is InChI=1S/C21H35N3O3S/c1-4-22-20(24-17-21(14-16-27-2)12-5-6-13-21)23-15-11-18-7-9-19(10-8-18)28(3,25)26/h7-10H,4-6,11-17H2,1-3H3,(H2,22,23,24). The molecule has 0 amide bonds. The summed E-state index contributed by atoms with van der Waals surface area (Å²) in [5, 5.41) is 6.72. The third-order valence-electron chi connectivity index (χ3n) is 5.48. The van der Waals surface area contributed by atoms with Crippen LogP contribution in [0.2, 0.25) is 0 Å². The van der Waals surface area contributed by atoms with Gasteiger partial charge in [0.1, 0.15) is 0 Å². The van der Waals surface area contributed by atoms with E-state index in [0.717, 1.165) is 50.6 Å². The Labute approximate surface area is 170 Å². The Morgan fingerprint density at radius 2 is 1.86 bits per heavy atom. The molecular formula is C21H35N3O3S. The van der Waals surface area contributed by atoms with Gasteiger partial charge < -0.3 is 15.4 Å². The molecule has 0 unspecified atom stereocenters. The molecule has 1 aliphatic rings. The first-order valence-corrected chi connectivity index (χ1v) is 12.1. The highest BCUT2D eigenvalue weighted by Crippen LogP contribution is 2.41. The molecule has 6 nitrogen and oxygen atoms in total. The number of nitrogens with one attached hydrogen (secondary N) is 2. The zero-order chi connectivity index (χ0) is 20.5. The summed E-state index contributed by atoms with van der Waals surface area (Å²) in [5.74, 6) is 0.846. The van der Waals surface area contributed by atoms with Crippen LogP contribution in [0.15, 0.2) is 34.2 Å². The monoisotopic (exact) mass is 409 g/mol. The number of ether oxygens (including phenoxy) is 1. The van der Waals surface area contributed by atoms with Gasteiger partial charge >= 0.3 is 0 Å². The average Bonchev–Trinajstić information content (AvgIpc) is 3.13. The summed E-state index contributed by atoms with van der Waals surface area (Å²) < 4.78 is 28.4. The van der Waals surface area contributed by atoms with Crippen molar-refractivity contribution in [2.24, 2.45) is 10.4 Å². The second kappa shape index (κ2) is 10.8. The zero-order valence-corrected chi connectivity index (χ0v) is 18.3. The van der Waals surface area contributed by atoms with E-state index in [2.05, 4.69) is 17.6 Å². The molecule has 2 rings (SSSR count). The largest absolute Gasteiger partial charge is 0.385 e. The molecule has 1 aromatic rings. The van der Waals surface area contributed by atoms with Crippen molar-refractivity contribution in [2.75, 3.05) is 39.6 Å². The number of sulfone groups is 1. The van der Waals surface area contributed by atoms with Crippen LogP contribution in [0.1, 0.15) is 44.6 Å². The summed E-state index contributed by atoms with van der Waals surface area (Å²) >= 11 is 0. The van der Waals surface area contributed by atoms with Crippen molar-refractivity contribution in [2.45, 2.75) is 50.3 Å². The topological polar surface area (TPSA) is 79.8 Å². The lowest BCUT2D eigenvalue weighted by molar-refractivity contribution is 0.141. The minimum Gasteiger partial charge on any atom is -0.385 e. The zero-order valence-electron chi connectivity index (χ0n) is 17.5. The summed E-state index contributed by atoms with van der Waals surface area (Å²) in [6, 6.07) is 7.09. The van der Waals surface area contributed by atoms with Gasteiger partial charge in [-0.1, -0.05) is 25.0 Å². The van der Waals surface area contributed by atoms with Crippen LogP contribution in [0.4, 0.5) is 0 Å². The van der Waals surface area contributed by atoms with Crippen molar-refractivity contribution in [1.29, 1.82) is 0 Å². The molecule has 0 spiro atoms. The van der Waals surface area contributed by atoms with Crippen LogP contribution in [0.5, 0.6) is 0 Å². The fourth-order valence-electron chi connectivity index (χ4n) is 3.75. The van der Waals surface area contributed by atoms with Gasteiger partial charge in [0.25, 0.3) is 0 Å². The van der Waals surface area contributed by atoms with Gasteiger partial charge in [-0.15, -0.1) is 0 Å². The molecule has 158 valence electrons. The third-order valence-corrected chi connectivity index (χ3v) is 6.60. The van der Waals surface area contributed by atoms with E-state index in [9.17, 15) is 8.42 Å². The average molecular weight is 410 g/mol. The SMILES string of the molecule is CCNC(=NCC1(CCOC)CCCC1)NCCc1ccc(S(C)(=O)=O)cc1. The maximum atomic E-state index is 11.5. The summed E-state index contributed by atoms with van der Waals surface area (Å²) in [5.41, 5.74) is 1.38. The van der Waals surface area contributed by atoms with Gasteiger partial charge in [0.05, 0.1) is 4.90 Å². The molecule has 28 heavy (non-hydrogen) atoms. The molecule has 0 saturated heterocycles. The van der Waals surface area contributed by atoms with E-state index in [1.807, 2.05) is 12.1 Å². The normalized spacial score (nSPS) is 16.9. The number of rotatable bonds is 10. The fraction of sp³-hybridized carbons (Fsp3) is 0.667. The Hall–Kier alpha value is -1.60. The quantitative estimate of drug-likeness (QED) is 0.459. The van der Waals surface area contributed by atoms with E-state index in [1.165, 1.54) is 31.9 Å². The van der Waals surface area contributed by atoms with Gasteiger partial charge in [0.2, 0.25) is 0 Å². The summed E-state index contributed by atoms with van der Waals surface area (Å²) in [6.45, 7) is 5.25. The van der Waals surface area contributed by atoms with E-state index in [1.54, 1.807) is 19.2 Å². The van der Waals surface area contributed by atoms with Crippen molar-refractivity contribution >= 4 is 15.8 Å². The summed E-state index contributed by atoms with van der Waals surface area (Å²) in [6.07, 6.45) is 8.13. The molecule has 0 aliphatic heterocycles. The predicted octanol–water partition coefficient (Wildman–Crippen LogP) is 2.78. The van der Waals surface area contributed by atoms with Crippen LogP contribution < -0.4 is 10.6 Å². The molecule has 0 aromatic heterocycles. The molecule has 1 aromatic carbocycles. The molecule has 7 heteroatoms. The van der Waals surface area contributed by atoms with Gasteiger partial charge in [-0.25, -0.2) is 8.42 Å². The lowest BCUT2D eigenvalue weighted by atomic mass is 9.83. The van der Waals surface area contributed by atoms with E-state index < -0.39 is 9.84 Å². The third kappa shape index (κ3) is 7.09. The van der Waals surface area contributed by atoms with Crippen LogP contribution in [-0.4, -0.2) is 54.0 Å². The number of hydrogen-bond acceptors (Lipinski definition) is 4. The van der Waals surface area contributed by atoms with Crippen LogP contribution in [0.25, 0.3) is 0 Å². The smallest absolute Gasteiger partial charge is 0.191 e. The highest BCUT2D eigenvalue weighted by Gasteiger charge is 2.33. The fourth-order valence-corrected chi connectivity index (χ4v) is 4.38. The summed E-state index contributed by atoms with van der Waals surface area (Å²) in [7, 11) is -1.38. The van der Waals surface area contributed by atoms with Crippen molar-refractivity contribution in [1.82, 2.24) is 10.6 Å². The Morgan fingerprint density at radius 1 is 1.18 bits per heavy atom. The van der Waals surface area contributed by atoms with Gasteiger partial charge in [0.15, 0.2) is 15.8 Å². The first kappa shape index (κ1) is 22.7. The lowest BCUT2D eigenvalue weighted by Gasteiger charge is -2.27. The summed E-state index contributed by atoms with van der Waals surface area (Å²) in [4.78, 5) is 5.22. The van der Waals surface area contributed by atoms with Gasteiger partial charge in [-0.2, -0.15) is 0 Å². The second-order valence-corrected chi connectivity index (χ2v) is 9.75. The van der Waals surface area contributed by atoms with E-state index in [0.29, 0.717) is 4.90 Å².